The topological polar surface area (TPSA) is 81.6 Å². The van der Waals surface area contributed by atoms with Crippen LogP contribution in [0.5, 0.6) is 0 Å². The summed E-state index contributed by atoms with van der Waals surface area (Å²) in [7, 11) is 0. The Morgan fingerprint density at radius 1 is 0.939 bits per heavy atom. The number of nitrogens with one attached hydrogen (secondary N) is 1. The predicted octanol–water partition coefficient (Wildman–Crippen LogP) is 4.73. The molecule has 6 heteroatoms. The van der Waals surface area contributed by atoms with Crippen molar-refractivity contribution in [1.82, 2.24) is 24.8 Å². The van der Waals surface area contributed by atoms with E-state index in [1.165, 1.54) is 5.56 Å². The van der Waals surface area contributed by atoms with Crippen molar-refractivity contribution in [3.63, 3.8) is 0 Å². The van der Waals surface area contributed by atoms with Gasteiger partial charge in [-0.1, -0.05) is 42.5 Å². The number of nitrogens with zero attached hydrogens (tertiary/aromatic N) is 4. The maximum atomic E-state index is 6.27. The molecule has 1 saturated heterocycles. The Bertz CT molecular complexity index is 1450. The zero-order valence-corrected chi connectivity index (χ0v) is 18.4. The van der Waals surface area contributed by atoms with E-state index < -0.39 is 0 Å². The molecule has 6 nitrogen and oxygen atoms in total. The molecule has 6 rings (SSSR count). The minimum atomic E-state index is 0.450. The maximum absolute atomic E-state index is 6.27. The van der Waals surface area contributed by atoms with Gasteiger partial charge < -0.3 is 11.1 Å². The summed E-state index contributed by atoms with van der Waals surface area (Å²) in [6.45, 7) is 4.14. The summed E-state index contributed by atoms with van der Waals surface area (Å²) in [4.78, 5) is 14.4. The van der Waals surface area contributed by atoms with Crippen LogP contribution < -0.4 is 11.1 Å². The van der Waals surface area contributed by atoms with Gasteiger partial charge in [0.2, 0.25) is 0 Å². The minimum absolute atomic E-state index is 0.450. The van der Waals surface area contributed by atoms with E-state index in [4.69, 9.17) is 15.7 Å². The first-order valence-corrected chi connectivity index (χ1v) is 11.2. The molecule has 33 heavy (non-hydrogen) atoms. The van der Waals surface area contributed by atoms with Crippen LogP contribution in [-0.2, 0) is 0 Å². The van der Waals surface area contributed by atoms with Gasteiger partial charge in [-0.2, -0.15) is 0 Å². The van der Waals surface area contributed by atoms with Crippen LogP contribution in [-0.4, -0.2) is 32.6 Å². The quantitative estimate of drug-likeness (QED) is 0.429. The van der Waals surface area contributed by atoms with E-state index in [1.54, 1.807) is 6.20 Å². The van der Waals surface area contributed by atoms with Gasteiger partial charge in [0, 0.05) is 36.5 Å². The third-order valence-corrected chi connectivity index (χ3v) is 6.35. The summed E-state index contributed by atoms with van der Waals surface area (Å²) in [5.41, 5.74) is 14.2. The van der Waals surface area contributed by atoms with Crippen molar-refractivity contribution in [2.24, 2.45) is 0 Å². The first kappa shape index (κ1) is 19.6. The SMILES string of the molecule is Cc1cc2nc(-c3cccnc3N)n(-c3ccc(C4CNC4)cc3)c2nc1-c1ccccc1. The molecule has 0 unspecified atom stereocenters. The largest absolute Gasteiger partial charge is 0.383 e. The first-order chi connectivity index (χ1) is 16.2. The molecule has 4 heterocycles. The minimum Gasteiger partial charge on any atom is -0.383 e. The number of pyridine rings is 2. The molecular formula is C27H24N6. The number of nitrogen functional groups attached to an aromatic ring is 1. The van der Waals surface area contributed by atoms with Crippen molar-refractivity contribution in [2.75, 3.05) is 18.8 Å². The lowest BCUT2D eigenvalue weighted by Gasteiger charge is -2.27. The molecule has 162 valence electrons. The second-order valence-electron chi connectivity index (χ2n) is 8.52. The number of fused-ring (bicyclic) bond motifs is 1. The monoisotopic (exact) mass is 432 g/mol. The van der Waals surface area contributed by atoms with Crippen LogP contribution in [0.15, 0.2) is 79.0 Å². The molecule has 1 fully saturated rings. The zero-order chi connectivity index (χ0) is 22.4. The number of aryl methyl sites for hydroxylation is 1. The lowest BCUT2D eigenvalue weighted by atomic mass is 9.94. The fraction of sp³-hybridized carbons (Fsp3) is 0.148. The van der Waals surface area contributed by atoms with Crippen molar-refractivity contribution in [1.29, 1.82) is 0 Å². The molecule has 5 aromatic rings. The van der Waals surface area contributed by atoms with Crippen molar-refractivity contribution >= 4 is 17.0 Å². The van der Waals surface area contributed by atoms with E-state index in [2.05, 4.69) is 64.3 Å². The summed E-state index contributed by atoms with van der Waals surface area (Å²) in [5.74, 6) is 1.77. The number of hydrogen-bond donors (Lipinski definition) is 2. The highest BCUT2D eigenvalue weighted by atomic mass is 15.1. The highest BCUT2D eigenvalue weighted by Gasteiger charge is 2.21. The van der Waals surface area contributed by atoms with Crippen LogP contribution in [0.1, 0.15) is 17.0 Å². The number of imidazole rings is 1. The van der Waals surface area contributed by atoms with Gasteiger partial charge in [0.1, 0.15) is 11.3 Å². The van der Waals surface area contributed by atoms with Gasteiger partial charge in [0.15, 0.2) is 11.5 Å². The molecule has 1 aliphatic rings. The summed E-state index contributed by atoms with van der Waals surface area (Å²) in [6.07, 6.45) is 1.70. The van der Waals surface area contributed by atoms with Crippen LogP contribution in [0.2, 0.25) is 0 Å². The molecule has 0 spiro atoms. The second kappa shape index (κ2) is 7.83. The van der Waals surface area contributed by atoms with Gasteiger partial charge >= 0.3 is 0 Å². The zero-order valence-electron chi connectivity index (χ0n) is 18.4. The normalized spacial score (nSPS) is 13.8. The van der Waals surface area contributed by atoms with Gasteiger partial charge in [0.25, 0.3) is 0 Å². The lowest BCUT2D eigenvalue weighted by Crippen LogP contribution is -2.39. The molecule has 0 amide bonds. The van der Waals surface area contributed by atoms with E-state index in [1.807, 2.05) is 30.3 Å². The van der Waals surface area contributed by atoms with Crippen LogP contribution >= 0.6 is 0 Å². The van der Waals surface area contributed by atoms with Crippen molar-refractivity contribution in [3.05, 3.63) is 90.1 Å². The lowest BCUT2D eigenvalue weighted by molar-refractivity contribution is 0.448. The molecular weight excluding hydrogens is 408 g/mol. The Hall–Kier alpha value is -4.03. The molecule has 3 N–H and O–H groups in total. The van der Waals surface area contributed by atoms with Gasteiger partial charge in [0.05, 0.1) is 11.3 Å². The van der Waals surface area contributed by atoms with E-state index >= 15 is 0 Å². The number of hydrogen-bond acceptors (Lipinski definition) is 5. The van der Waals surface area contributed by atoms with Crippen molar-refractivity contribution < 1.29 is 0 Å². The molecule has 2 aromatic carbocycles. The first-order valence-electron chi connectivity index (χ1n) is 11.2. The Kier molecular flexibility index (Phi) is 4.66. The molecule has 0 aliphatic carbocycles. The number of nitrogens with two attached hydrogens (primary N) is 1. The molecule has 1 aliphatic heterocycles. The Balaban J connectivity index is 1.60. The molecule has 0 saturated carbocycles. The van der Waals surface area contributed by atoms with E-state index in [0.29, 0.717) is 11.7 Å². The number of benzene rings is 2. The fourth-order valence-corrected chi connectivity index (χ4v) is 4.44. The summed E-state index contributed by atoms with van der Waals surface area (Å²) < 4.78 is 2.09. The van der Waals surface area contributed by atoms with Crippen LogP contribution in [0.25, 0.3) is 39.5 Å². The van der Waals surface area contributed by atoms with E-state index in [0.717, 1.165) is 58.1 Å². The van der Waals surface area contributed by atoms with Crippen molar-refractivity contribution in [2.45, 2.75) is 12.8 Å². The van der Waals surface area contributed by atoms with E-state index in [-0.39, 0.29) is 0 Å². The van der Waals surface area contributed by atoms with Crippen LogP contribution in [0.4, 0.5) is 5.82 Å². The standard InChI is InChI=1S/C27H24N6/c1-17-14-23-27(32-24(17)19-6-3-2-4-7-19)33(26(31-23)22-8-5-13-30-25(22)28)21-11-9-18(10-12-21)20-15-29-16-20/h2-14,20,29H,15-16H2,1H3,(H2,28,30). The Morgan fingerprint density at radius 2 is 1.73 bits per heavy atom. The molecule has 0 radical (unpaired) electrons. The summed E-state index contributed by atoms with van der Waals surface area (Å²) in [6, 6.07) is 24.9. The number of rotatable bonds is 4. The highest BCUT2D eigenvalue weighted by molar-refractivity contribution is 5.85. The van der Waals surface area contributed by atoms with Gasteiger partial charge in [-0.15, -0.1) is 0 Å². The van der Waals surface area contributed by atoms with Crippen LogP contribution in [0, 0.1) is 6.92 Å². The third kappa shape index (κ3) is 3.36. The van der Waals surface area contributed by atoms with E-state index in [9.17, 15) is 0 Å². The Morgan fingerprint density at radius 3 is 2.42 bits per heavy atom. The molecule has 0 bridgehead atoms. The Labute approximate surface area is 192 Å². The predicted molar refractivity (Wildman–Crippen MR) is 132 cm³/mol. The van der Waals surface area contributed by atoms with Gasteiger partial charge in [-0.25, -0.2) is 15.0 Å². The summed E-state index contributed by atoms with van der Waals surface area (Å²) in [5, 5.41) is 3.34. The second-order valence-corrected chi connectivity index (χ2v) is 8.52. The van der Waals surface area contributed by atoms with Gasteiger partial charge in [-0.3, -0.25) is 4.57 Å². The highest BCUT2D eigenvalue weighted by Crippen LogP contribution is 2.33. The van der Waals surface area contributed by atoms with Crippen molar-refractivity contribution in [3.8, 4) is 28.3 Å². The van der Waals surface area contributed by atoms with Gasteiger partial charge in [-0.05, 0) is 48.4 Å². The maximum Gasteiger partial charge on any atom is 0.165 e. The number of aromatic nitrogens is 4. The van der Waals surface area contributed by atoms with Crippen LogP contribution in [0.3, 0.4) is 0 Å². The average molecular weight is 433 g/mol. The number of anilines is 1. The fourth-order valence-electron chi connectivity index (χ4n) is 4.44. The third-order valence-electron chi connectivity index (χ3n) is 6.35. The average Bonchev–Trinajstić information content (AvgIpc) is 3.16. The smallest absolute Gasteiger partial charge is 0.165 e. The molecule has 3 aromatic heterocycles. The summed E-state index contributed by atoms with van der Waals surface area (Å²) >= 11 is 0. The molecule has 0 atom stereocenters.